The number of aromatic nitrogens is 2. The summed E-state index contributed by atoms with van der Waals surface area (Å²) in [6.45, 7) is 4.17. The van der Waals surface area contributed by atoms with Gasteiger partial charge in [-0.25, -0.2) is 0 Å². The van der Waals surface area contributed by atoms with Crippen molar-refractivity contribution in [3.63, 3.8) is 0 Å². The van der Waals surface area contributed by atoms with E-state index in [4.69, 9.17) is 4.52 Å². The molecule has 4 aromatic rings. The van der Waals surface area contributed by atoms with Gasteiger partial charge >= 0.3 is 0 Å². The van der Waals surface area contributed by atoms with Crippen molar-refractivity contribution in [3.05, 3.63) is 81.9 Å². The van der Waals surface area contributed by atoms with E-state index in [1.54, 1.807) is 24.0 Å². The Hall–Kier alpha value is -3.98. The Labute approximate surface area is 193 Å². The lowest BCUT2D eigenvalue weighted by atomic mass is 10.1. The summed E-state index contributed by atoms with van der Waals surface area (Å²) in [5.74, 6) is 0.653. The van der Waals surface area contributed by atoms with E-state index in [9.17, 15) is 14.9 Å². The van der Waals surface area contributed by atoms with Crippen molar-refractivity contribution in [2.75, 3.05) is 11.4 Å². The van der Waals surface area contributed by atoms with E-state index in [-0.39, 0.29) is 17.5 Å². The molecule has 1 aliphatic heterocycles. The number of nitrogens with zero attached hydrogens (tertiary/aromatic N) is 4. The number of rotatable bonds is 4. The predicted octanol–water partition coefficient (Wildman–Crippen LogP) is 5.75. The lowest BCUT2D eigenvalue weighted by Crippen LogP contribution is -2.30. The second kappa shape index (κ2) is 8.18. The van der Waals surface area contributed by atoms with E-state index in [0.717, 1.165) is 21.0 Å². The van der Waals surface area contributed by atoms with Gasteiger partial charge in [-0.05, 0) is 56.3 Å². The van der Waals surface area contributed by atoms with Crippen LogP contribution in [0.15, 0.2) is 75.0 Å². The molecule has 1 amide bonds. The molecule has 1 aliphatic rings. The zero-order chi connectivity index (χ0) is 23.1. The van der Waals surface area contributed by atoms with Gasteiger partial charge in [-0.1, -0.05) is 29.1 Å². The second-order valence-corrected chi connectivity index (χ2v) is 8.60. The standard InChI is InChI=1S/C24H18N4O4S/c1-3-27-19-11-8-15(13-21(19)33-20-7-5-4-6-17(20)24(27)29)22-25-23(32-26-22)16-9-10-18(28(30)31)14(2)12-16/h4-13H,3H2,1-2H3. The normalized spacial score (nSPS) is 12.8. The molecule has 0 atom stereocenters. The number of hydrogen-bond acceptors (Lipinski definition) is 7. The first-order valence-corrected chi connectivity index (χ1v) is 11.1. The molecule has 0 bridgehead atoms. The van der Waals surface area contributed by atoms with Gasteiger partial charge in [0.1, 0.15) is 0 Å². The van der Waals surface area contributed by atoms with Crippen LogP contribution < -0.4 is 4.90 Å². The summed E-state index contributed by atoms with van der Waals surface area (Å²) in [5, 5.41) is 15.2. The smallest absolute Gasteiger partial charge is 0.272 e. The Balaban J connectivity index is 1.53. The fourth-order valence-electron chi connectivity index (χ4n) is 3.83. The fourth-order valence-corrected chi connectivity index (χ4v) is 4.95. The van der Waals surface area contributed by atoms with Crippen molar-refractivity contribution < 1.29 is 14.2 Å². The largest absolute Gasteiger partial charge is 0.334 e. The first kappa shape index (κ1) is 20.9. The maximum atomic E-state index is 13.1. The Morgan fingerprint density at radius 1 is 1.06 bits per heavy atom. The summed E-state index contributed by atoms with van der Waals surface area (Å²) in [7, 11) is 0. The van der Waals surface area contributed by atoms with Crippen LogP contribution in [0.1, 0.15) is 22.8 Å². The minimum atomic E-state index is -0.422. The third kappa shape index (κ3) is 3.66. The van der Waals surface area contributed by atoms with Crippen LogP contribution in [0.5, 0.6) is 0 Å². The average molecular weight is 458 g/mol. The lowest BCUT2D eigenvalue weighted by molar-refractivity contribution is -0.385. The molecule has 0 saturated heterocycles. The quantitative estimate of drug-likeness (QED) is 0.283. The Morgan fingerprint density at radius 3 is 2.61 bits per heavy atom. The molecular weight excluding hydrogens is 440 g/mol. The van der Waals surface area contributed by atoms with Gasteiger partial charge in [0, 0.05) is 39.1 Å². The van der Waals surface area contributed by atoms with E-state index < -0.39 is 4.92 Å². The maximum Gasteiger partial charge on any atom is 0.272 e. The van der Waals surface area contributed by atoms with Crippen LogP contribution in [0.4, 0.5) is 11.4 Å². The molecule has 5 rings (SSSR count). The minimum absolute atomic E-state index is 0.0255. The van der Waals surface area contributed by atoms with Gasteiger partial charge in [0.2, 0.25) is 5.82 Å². The monoisotopic (exact) mass is 458 g/mol. The van der Waals surface area contributed by atoms with Gasteiger partial charge in [-0.15, -0.1) is 0 Å². The summed E-state index contributed by atoms with van der Waals surface area (Å²) in [4.78, 5) is 31.8. The number of nitro benzene ring substituents is 1. The summed E-state index contributed by atoms with van der Waals surface area (Å²) in [6, 6.07) is 18.0. The Bertz CT molecular complexity index is 1420. The van der Waals surface area contributed by atoms with E-state index in [2.05, 4.69) is 10.1 Å². The molecule has 0 unspecified atom stereocenters. The van der Waals surface area contributed by atoms with Gasteiger partial charge in [0.05, 0.1) is 16.2 Å². The van der Waals surface area contributed by atoms with Crippen LogP contribution in [0, 0.1) is 17.0 Å². The molecule has 3 aromatic carbocycles. The van der Waals surface area contributed by atoms with E-state index >= 15 is 0 Å². The van der Waals surface area contributed by atoms with E-state index in [0.29, 0.717) is 29.1 Å². The second-order valence-electron chi connectivity index (χ2n) is 7.51. The van der Waals surface area contributed by atoms with E-state index in [1.165, 1.54) is 17.8 Å². The molecule has 0 fully saturated rings. The van der Waals surface area contributed by atoms with Crippen LogP contribution in [0.3, 0.4) is 0 Å². The number of hydrogen-bond donors (Lipinski definition) is 0. The number of carbonyl (C=O) groups excluding carboxylic acids is 1. The number of amides is 1. The highest BCUT2D eigenvalue weighted by atomic mass is 32.2. The van der Waals surface area contributed by atoms with Crippen molar-refractivity contribution in [1.29, 1.82) is 0 Å². The molecule has 0 radical (unpaired) electrons. The van der Waals surface area contributed by atoms with Crippen molar-refractivity contribution in [1.82, 2.24) is 10.1 Å². The van der Waals surface area contributed by atoms with Crippen molar-refractivity contribution >= 4 is 29.0 Å². The zero-order valence-electron chi connectivity index (χ0n) is 17.8. The maximum absolute atomic E-state index is 13.1. The fraction of sp³-hybridized carbons (Fsp3) is 0.125. The molecule has 0 spiro atoms. The molecule has 8 nitrogen and oxygen atoms in total. The molecule has 2 heterocycles. The highest BCUT2D eigenvalue weighted by molar-refractivity contribution is 7.99. The Morgan fingerprint density at radius 2 is 1.85 bits per heavy atom. The van der Waals surface area contributed by atoms with Crippen molar-refractivity contribution in [2.24, 2.45) is 0 Å². The third-order valence-electron chi connectivity index (χ3n) is 5.47. The van der Waals surface area contributed by atoms with Gasteiger partial charge in [0.15, 0.2) is 0 Å². The molecular formula is C24H18N4O4S. The SMILES string of the molecule is CCN1C(=O)c2ccccc2Sc2cc(-c3noc(-c4ccc([N+](=O)[O-])c(C)c4)n3)ccc21. The number of anilines is 1. The Kier molecular flexibility index (Phi) is 5.18. The van der Waals surface area contributed by atoms with Gasteiger partial charge in [0.25, 0.3) is 17.5 Å². The lowest BCUT2D eigenvalue weighted by Gasteiger charge is -2.21. The summed E-state index contributed by atoms with van der Waals surface area (Å²) in [5.41, 5.74) is 3.42. The van der Waals surface area contributed by atoms with Gasteiger partial charge in [-0.3, -0.25) is 14.9 Å². The summed E-state index contributed by atoms with van der Waals surface area (Å²) < 4.78 is 5.44. The number of carbonyl (C=O) groups is 1. The number of benzene rings is 3. The molecule has 0 aliphatic carbocycles. The van der Waals surface area contributed by atoms with Crippen LogP contribution >= 0.6 is 11.8 Å². The van der Waals surface area contributed by atoms with Crippen molar-refractivity contribution in [3.8, 4) is 22.8 Å². The molecule has 164 valence electrons. The first-order valence-electron chi connectivity index (χ1n) is 10.3. The minimum Gasteiger partial charge on any atom is -0.334 e. The molecule has 0 saturated carbocycles. The van der Waals surface area contributed by atoms with Crippen LogP contribution in [0.25, 0.3) is 22.8 Å². The number of fused-ring (bicyclic) bond motifs is 2. The first-order chi connectivity index (χ1) is 16.0. The van der Waals surface area contributed by atoms with Crippen molar-refractivity contribution in [2.45, 2.75) is 23.6 Å². The summed E-state index contributed by atoms with van der Waals surface area (Å²) >= 11 is 1.53. The average Bonchev–Trinajstić information content (AvgIpc) is 3.26. The number of aryl methyl sites for hydroxylation is 1. The van der Waals surface area contributed by atoms with Gasteiger partial charge < -0.3 is 9.42 Å². The molecule has 9 heteroatoms. The molecule has 1 aromatic heterocycles. The van der Waals surface area contributed by atoms with Crippen LogP contribution in [-0.2, 0) is 0 Å². The third-order valence-corrected chi connectivity index (χ3v) is 6.60. The van der Waals surface area contributed by atoms with Gasteiger partial charge in [-0.2, -0.15) is 4.98 Å². The molecule has 0 N–H and O–H groups in total. The van der Waals surface area contributed by atoms with E-state index in [1.807, 2.05) is 49.4 Å². The zero-order valence-corrected chi connectivity index (χ0v) is 18.6. The highest BCUT2D eigenvalue weighted by Crippen LogP contribution is 2.42. The van der Waals surface area contributed by atoms with Crippen LogP contribution in [0.2, 0.25) is 0 Å². The topological polar surface area (TPSA) is 102 Å². The molecule has 33 heavy (non-hydrogen) atoms. The van der Waals surface area contributed by atoms with Crippen LogP contribution in [-0.4, -0.2) is 27.5 Å². The summed E-state index contributed by atoms with van der Waals surface area (Å²) in [6.07, 6.45) is 0. The highest BCUT2D eigenvalue weighted by Gasteiger charge is 2.27. The number of nitro groups is 1. The predicted molar refractivity (Wildman–Crippen MR) is 124 cm³/mol.